The summed E-state index contributed by atoms with van der Waals surface area (Å²) in [6.45, 7) is 6.40. The molecule has 0 spiro atoms. The van der Waals surface area contributed by atoms with Crippen molar-refractivity contribution in [3.8, 4) is 5.75 Å². The van der Waals surface area contributed by atoms with Crippen molar-refractivity contribution < 1.29 is 9.53 Å². The van der Waals surface area contributed by atoms with Crippen LogP contribution in [0, 0.1) is 13.8 Å². The molecule has 0 saturated carbocycles. The minimum absolute atomic E-state index is 0.128. The molecule has 0 aliphatic carbocycles. The van der Waals surface area contributed by atoms with Gasteiger partial charge in [0.05, 0.1) is 0 Å². The molecule has 2 aromatic carbocycles. The Morgan fingerprint density at radius 2 is 1.79 bits per heavy atom. The fraction of sp³-hybridized carbons (Fsp3) is 0.350. The second-order valence-corrected chi connectivity index (χ2v) is 5.97. The minimum Gasteiger partial charge on any atom is -0.473 e. The third-order valence-electron chi connectivity index (χ3n) is 3.98. The Hall–Kier alpha value is -2.49. The SMILES string of the molecule is CCCCc1ccc(NC(=O)NCOc2ccc(C)c(C)c2)cc1. The van der Waals surface area contributed by atoms with Crippen LogP contribution in [0.4, 0.5) is 10.5 Å². The smallest absolute Gasteiger partial charge is 0.321 e. The quantitative estimate of drug-likeness (QED) is 0.718. The Morgan fingerprint density at radius 1 is 1.04 bits per heavy atom. The van der Waals surface area contributed by atoms with E-state index in [0.29, 0.717) is 0 Å². The number of anilines is 1. The van der Waals surface area contributed by atoms with E-state index in [4.69, 9.17) is 4.74 Å². The molecule has 0 saturated heterocycles. The van der Waals surface area contributed by atoms with Crippen molar-refractivity contribution >= 4 is 11.7 Å². The number of hydrogen-bond acceptors (Lipinski definition) is 2. The highest BCUT2D eigenvalue weighted by Crippen LogP contribution is 2.16. The lowest BCUT2D eigenvalue weighted by molar-refractivity contribution is 0.234. The van der Waals surface area contributed by atoms with Gasteiger partial charge < -0.3 is 15.4 Å². The first-order valence-electron chi connectivity index (χ1n) is 8.42. The molecule has 0 heterocycles. The molecule has 0 atom stereocenters. The van der Waals surface area contributed by atoms with Gasteiger partial charge in [-0.2, -0.15) is 0 Å². The van der Waals surface area contributed by atoms with Crippen molar-refractivity contribution in [2.45, 2.75) is 40.0 Å². The summed E-state index contributed by atoms with van der Waals surface area (Å²) in [5.41, 5.74) is 4.45. The monoisotopic (exact) mass is 326 g/mol. The number of benzene rings is 2. The molecule has 4 nitrogen and oxygen atoms in total. The molecule has 4 heteroatoms. The standard InChI is InChI=1S/C20H26N2O2/c1-4-5-6-17-8-10-18(11-9-17)22-20(23)21-14-24-19-12-7-15(2)16(3)13-19/h7-13H,4-6,14H2,1-3H3,(H2,21,22,23). The van der Waals surface area contributed by atoms with E-state index in [-0.39, 0.29) is 12.8 Å². The maximum Gasteiger partial charge on any atom is 0.321 e. The van der Waals surface area contributed by atoms with Crippen molar-refractivity contribution in [1.29, 1.82) is 0 Å². The van der Waals surface area contributed by atoms with Gasteiger partial charge in [0.25, 0.3) is 0 Å². The number of urea groups is 1. The molecule has 2 N–H and O–H groups in total. The Bertz CT molecular complexity index is 666. The van der Waals surface area contributed by atoms with Crippen LogP contribution >= 0.6 is 0 Å². The summed E-state index contributed by atoms with van der Waals surface area (Å²) in [4.78, 5) is 11.9. The molecule has 0 aromatic heterocycles. The van der Waals surface area contributed by atoms with Gasteiger partial charge in [-0.05, 0) is 67.6 Å². The Kier molecular flexibility index (Phi) is 6.67. The molecule has 24 heavy (non-hydrogen) atoms. The second kappa shape index (κ2) is 8.96. The van der Waals surface area contributed by atoms with Crippen LogP contribution in [0.5, 0.6) is 5.75 Å². The molecule has 0 aliphatic heterocycles. The predicted molar refractivity (Wildman–Crippen MR) is 98.6 cm³/mol. The fourth-order valence-electron chi connectivity index (χ4n) is 2.30. The number of hydrogen-bond donors (Lipinski definition) is 2. The van der Waals surface area contributed by atoms with Gasteiger partial charge in [0, 0.05) is 5.69 Å². The van der Waals surface area contributed by atoms with Gasteiger partial charge in [-0.3, -0.25) is 0 Å². The van der Waals surface area contributed by atoms with Crippen molar-refractivity contribution in [1.82, 2.24) is 5.32 Å². The fourth-order valence-corrected chi connectivity index (χ4v) is 2.30. The number of nitrogens with one attached hydrogen (secondary N) is 2. The number of ether oxygens (including phenoxy) is 1. The van der Waals surface area contributed by atoms with E-state index in [2.05, 4.69) is 36.6 Å². The summed E-state index contributed by atoms with van der Waals surface area (Å²) in [7, 11) is 0. The number of rotatable bonds is 7. The molecule has 0 radical (unpaired) electrons. The highest BCUT2D eigenvalue weighted by Gasteiger charge is 2.02. The van der Waals surface area contributed by atoms with Crippen LogP contribution in [-0.2, 0) is 6.42 Å². The molecule has 2 aromatic rings. The van der Waals surface area contributed by atoms with E-state index in [9.17, 15) is 4.79 Å². The molecule has 2 rings (SSSR count). The number of aryl methyl sites for hydroxylation is 3. The largest absolute Gasteiger partial charge is 0.473 e. The van der Waals surface area contributed by atoms with Crippen LogP contribution < -0.4 is 15.4 Å². The first kappa shape index (κ1) is 17.9. The van der Waals surface area contributed by atoms with Gasteiger partial charge in [-0.15, -0.1) is 0 Å². The zero-order valence-electron chi connectivity index (χ0n) is 14.7. The minimum atomic E-state index is -0.278. The molecule has 2 amide bonds. The molecule has 0 fully saturated rings. The molecule has 0 unspecified atom stereocenters. The maximum atomic E-state index is 11.9. The van der Waals surface area contributed by atoms with Crippen LogP contribution in [0.2, 0.25) is 0 Å². The molecular formula is C20H26N2O2. The van der Waals surface area contributed by atoms with Gasteiger partial charge in [-0.25, -0.2) is 4.79 Å². The topological polar surface area (TPSA) is 50.4 Å². The van der Waals surface area contributed by atoms with Crippen LogP contribution in [-0.4, -0.2) is 12.8 Å². The number of carbonyl (C=O) groups is 1. The van der Waals surface area contributed by atoms with Crippen LogP contribution in [0.1, 0.15) is 36.5 Å². The third kappa shape index (κ3) is 5.61. The maximum absolute atomic E-state index is 11.9. The van der Waals surface area contributed by atoms with Crippen molar-refractivity contribution in [3.63, 3.8) is 0 Å². The van der Waals surface area contributed by atoms with Crippen molar-refractivity contribution in [2.24, 2.45) is 0 Å². The van der Waals surface area contributed by atoms with E-state index in [1.807, 2.05) is 37.3 Å². The summed E-state index contributed by atoms with van der Waals surface area (Å²) in [5.74, 6) is 0.749. The van der Waals surface area contributed by atoms with Gasteiger partial charge in [0.2, 0.25) is 0 Å². The van der Waals surface area contributed by atoms with E-state index < -0.39 is 0 Å². The third-order valence-corrected chi connectivity index (χ3v) is 3.98. The zero-order valence-corrected chi connectivity index (χ0v) is 14.7. The Labute approximate surface area is 144 Å². The highest BCUT2D eigenvalue weighted by atomic mass is 16.5. The number of carbonyl (C=O) groups excluding carboxylic acids is 1. The van der Waals surface area contributed by atoms with Gasteiger partial charge in [0.15, 0.2) is 6.73 Å². The van der Waals surface area contributed by atoms with Crippen LogP contribution in [0.25, 0.3) is 0 Å². The average molecular weight is 326 g/mol. The molecule has 0 bridgehead atoms. The summed E-state index contributed by atoms with van der Waals surface area (Å²) < 4.78 is 5.54. The lowest BCUT2D eigenvalue weighted by atomic mass is 10.1. The number of unbranched alkanes of at least 4 members (excludes halogenated alkanes) is 1. The lowest BCUT2D eigenvalue weighted by Crippen LogP contribution is -2.32. The second-order valence-electron chi connectivity index (χ2n) is 5.97. The highest BCUT2D eigenvalue weighted by molar-refractivity contribution is 5.89. The average Bonchev–Trinajstić information content (AvgIpc) is 2.57. The summed E-state index contributed by atoms with van der Waals surface area (Å²) >= 11 is 0. The molecule has 128 valence electrons. The van der Waals surface area contributed by atoms with Crippen molar-refractivity contribution in [2.75, 3.05) is 12.0 Å². The zero-order chi connectivity index (χ0) is 17.4. The van der Waals surface area contributed by atoms with Crippen LogP contribution in [0.15, 0.2) is 42.5 Å². The molecule has 0 aliphatic rings. The summed E-state index contributed by atoms with van der Waals surface area (Å²) in [6, 6.07) is 13.5. The van der Waals surface area contributed by atoms with E-state index >= 15 is 0 Å². The number of amides is 2. The summed E-state index contributed by atoms with van der Waals surface area (Å²) in [6.07, 6.45) is 3.44. The van der Waals surface area contributed by atoms with Crippen molar-refractivity contribution in [3.05, 3.63) is 59.2 Å². The lowest BCUT2D eigenvalue weighted by Gasteiger charge is -2.11. The van der Waals surface area contributed by atoms with Gasteiger partial charge >= 0.3 is 6.03 Å². The van der Waals surface area contributed by atoms with E-state index in [1.54, 1.807) is 0 Å². The van der Waals surface area contributed by atoms with E-state index in [1.165, 1.54) is 29.5 Å². The van der Waals surface area contributed by atoms with Gasteiger partial charge in [0.1, 0.15) is 5.75 Å². The predicted octanol–water partition coefficient (Wildman–Crippen LogP) is 4.80. The van der Waals surface area contributed by atoms with Crippen LogP contribution in [0.3, 0.4) is 0 Å². The first-order valence-corrected chi connectivity index (χ1v) is 8.42. The van der Waals surface area contributed by atoms with Gasteiger partial charge in [-0.1, -0.05) is 31.5 Å². The summed E-state index contributed by atoms with van der Waals surface area (Å²) in [5, 5.41) is 5.49. The Balaban J connectivity index is 1.75. The normalized spacial score (nSPS) is 10.3. The van der Waals surface area contributed by atoms with E-state index in [0.717, 1.165) is 17.9 Å². The first-order chi connectivity index (χ1) is 11.6. The molecular weight excluding hydrogens is 300 g/mol. The Morgan fingerprint density at radius 3 is 2.46 bits per heavy atom.